The van der Waals surface area contributed by atoms with Gasteiger partial charge in [0.15, 0.2) is 0 Å². The maximum Gasteiger partial charge on any atom is 0.0631 e. The molecule has 0 aliphatic carbocycles. The summed E-state index contributed by atoms with van der Waals surface area (Å²) in [7, 11) is 0. The van der Waals surface area contributed by atoms with Gasteiger partial charge in [0.2, 0.25) is 0 Å². The monoisotopic (exact) mass is 164 g/mol. The van der Waals surface area contributed by atoms with Gasteiger partial charge in [0, 0.05) is 18.4 Å². The maximum absolute atomic E-state index is 4.26. The van der Waals surface area contributed by atoms with Gasteiger partial charge in [-0.2, -0.15) is 0 Å². The summed E-state index contributed by atoms with van der Waals surface area (Å²) in [4.78, 5) is 4.26. The number of nitrogens with zero attached hydrogens (tertiary/aromatic N) is 1. The van der Waals surface area contributed by atoms with E-state index >= 15 is 0 Å². The van der Waals surface area contributed by atoms with Crippen molar-refractivity contribution in [2.24, 2.45) is 4.99 Å². The molecule has 0 amide bonds. The molecule has 0 aromatic heterocycles. The van der Waals surface area contributed by atoms with Gasteiger partial charge in [-0.05, 0) is 19.3 Å². The van der Waals surface area contributed by atoms with Crippen molar-refractivity contribution >= 4 is 5.71 Å². The highest BCUT2D eigenvalue weighted by Crippen LogP contribution is 2.07. The standard InChI is InChI=1S/C10H16N2/c1-3-7-11-9(2)10-6-4-5-8-12-10/h5,8,11H,2-4,6-7H2,1H3. The minimum atomic E-state index is 0.987. The number of nitrogens with one attached hydrogen (secondary N) is 1. The Labute approximate surface area is 74.1 Å². The Hall–Kier alpha value is -1.05. The molecule has 2 nitrogen and oxygen atoms in total. The number of aliphatic imine (C=N–C) groups is 1. The molecule has 66 valence electrons. The number of rotatable bonds is 4. The molecular formula is C10H16N2. The van der Waals surface area contributed by atoms with Crippen LogP contribution in [-0.4, -0.2) is 12.3 Å². The van der Waals surface area contributed by atoms with Crippen molar-refractivity contribution in [3.05, 3.63) is 24.6 Å². The predicted octanol–water partition coefficient (Wildman–Crippen LogP) is 2.25. The van der Waals surface area contributed by atoms with E-state index < -0.39 is 0 Å². The van der Waals surface area contributed by atoms with Crippen LogP contribution >= 0.6 is 0 Å². The van der Waals surface area contributed by atoms with E-state index in [2.05, 4.69) is 29.9 Å². The average Bonchev–Trinajstić information content (AvgIpc) is 2.15. The highest BCUT2D eigenvalue weighted by molar-refractivity contribution is 5.99. The second-order valence-electron chi connectivity index (χ2n) is 2.90. The zero-order chi connectivity index (χ0) is 8.81. The van der Waals surface area contributed by atoms with Gasteiger partial charge in [0.05, 0.1) is 5.71 Å². The molecule has 1 aliphatic heterocycles. The lowest BCUT2D eigenvalue weighted by Gasteiger charge is -2.12. The lowest BCUT2D eigenvalue weighted by molar-refractivity contribution is 0.788. The van der Waals surface area contributed by atoms with Crippen LogP contribution < -0.4 is 5.32 Å². The molecule has 0 fully saturated rings. The van der Waals surface area contributed by atoms with Crippen LogP contribution in [-0.2, 0) is 0 Å². The van der Waals surface area contributed by atoms with Crippen LogP contribution in [0, 0.1) is 0 Å². The van der Waals surface area contributed by atoms with Crippen LogP contribution in [0.5, 0.6) is 0 Å². The number of allylic oxidation sites excluding steroid dienone is 2. The van der Waals surface area contributed by atoms with E-state index in [-0.39, 0.29) is 0 Å². The third kappa shape index (κ3) is 2.53. The molecule has 0 saturated heterocycles. The van der Waals surface area contributed by atoms with Crippen molar-refractivity contribution in [2.45, 2.75) is 26.2 Å². The second-order valence-corrected chi connectivity index (χ2v) is 2.90. The Bertz CT molecular complexity index is 214. The van der Waals surface area contributed by atoms with E-state index in [4.69, 9.17) is 0 Å². The Kier molecular flexibility index (Phi) is 3.58. The zero-order valence-corrected chi connectivity index (χ0v) is 7.64. The second kappa shape index (κ2) is 4.75. The number of hydrogen-bond donors (Lipinski definition) is 1. The normalized spacial score (nSPS) is 15.6. The topological polar surface area (TPSA) is 24.4 Å². The van der Waals surface area contributed by atoms with Gasteiger partial charge in [-0.1, -0.05) is 19.6 Å². The molecule has 12 heavy (non-hydrogen) atoms. The fraction of sp³-hybridized carbons (Fsp3) is 0.500. The van der Waals surface area contributed by atoms with Gasteiger partial charge in [0.1, 0.15) is 0 Å². The minimum absolute atomic E-state index is 0.987. The first-order chi connectivity index (χ1) is 5.84. The highest BCUT2D eigenvalue weighted by atomic mass is 14.9. The van der Waals surface area contributed by atoms with E-state index in [0.29, 0.717) is 0 Å². The fourth-order valence-electron chi connectivity index (χ4n) is 1.11. The maximum atomic E-state index is 4.26. The van der Waals surface area contributed by atoms with Gasteiger partial charge in [0.25, 0.3) is 0 Å². The Morgan fingerprint density at radius 2 is 2.58 bits per heavy atom. The van der Waals surface area contributed by atoms with E-state index in [0.717, 1.165) is 37.2 Å². The van der Waals surface area contributed by atoms with Crippen LogP contribution in [0.15, 0.2) is 29.5 Å². The van der Waals surface area contributed by atoms with Crippen molar-refractivity contribution < 1.29 is 0 Å². The molecule has 0 aromatic rings. The predicted molar refractivity (Wildman–Crippen MR) is 53.2 cm³/mol. The smallest absolute Gasteiger partial charge is 0.0631 e. The molecule has 1 heterocycles. The Morgan fingerprint density at radius 3 is 3.17 bits per heavy atom. The van der Waals surface area contributed by atoms with E-state index in [1.807, 2.05) is 6.20 Å². The van der Waals surface area contributed by atoms with Crippen molar-refractivity contribution in [3.63, 3.8) is 0 Å². The van der Waals surface area contributed by atoms with Crippen LogP contribution in [0.2, 0.25) is 0 Å². The van der Waals surface area contributed by atoms with Gasteiger partial charge in [-0.25, -0.2) is 0 Å². The van der Waals surface area contributed by atoms with Gasteiger partial charge in [-0.3, -0.25) is 4.99 Å². The van der Waals surface area contributed by atoms with E-state index in [1.165, 1.54) is 0 Å². The van der Waals surface area contributed by atoms with Crippen LogP contribution in [0.25, 0.3) is 0 Å². The third-order valence-electron chi connectivity index (χ3n) is 1.82. The molecule has 1 aliphatic rings. The summed E-state index contributed by atoms with van der Waals surface area (Å²) in [6, 6.07) is 0. The third-order valence-corrected chi connectivity index (χ3v) is 1.82. The molecule has 0 saturated carbocycles. The average molecular weight is 164 g/mol. The van der Waals surface area contributed by atoms with Crippen molar-refractivity contribution in [2.75, 3.05) is 6.54 Å². The largest absolute Gasteiger partial charge is 0.384 e. The Morgan fingerprint density at radius 1 is 1.75 bits per heavy atom. The summed E-state index contributed by atoms with van der Waals surface area (Å²) >= 11 is 0. The summed E-state index contributed by atoms with van der Waals surface area (Å²) in [5.41, 5.74) is 2.09. The summed E-state index contributed by atoms with van der Waals surface area (Å²) < 4.78 is 0. The van der Waals surface area contributed by atoms with Gasteiger partial charge < -0.3 is 5.32 Å². The lowest BCUT2D eigenvalue weighted by Crippen LogP contribution is -2.20. The SMILES string of the molecule is C=C(NCCC)C1=NC=CCC1. The Balaban J connectivity index is 2.40. The summed E-state index contributed by atoms with van der Waals surface area (Å²) in [6.07, 6.45) is 7.17. The highest BCUT2D eigenvalue weighted by Gasteiger charge is 2.04. The lowest BCUT2D eigenvalue weighted by atomic mass is 10.1. The van der Waals surface area contributed by atoms with Crippen molar-refractivity contribution in [3.8, 4) is 0 Å². The molecule has 0 radical (unpaired) electrons. The van der Waals surface area contributed by atoms with Gasteiger partial charge >= 0.3 is 0 Å². The van der Waals surface area contributed by atoms with Crippen molar-refractivity contribution in [1.82, 2.24) is 5.32 Å². The fourth-order valence-corrected chi connectivity index (χ4v) is 1.11. The van der Waals surface area contributed by atoms with Crippen LogP contribution in [0.4, 0.5) is 0 Å². The minimum Gasteiger partial charge on any atom is -0.384 e. The molecule has 0 aromatic carbocycles. The first-order valence-electron chi connectivity index (χ1n) is 4.49. The quantitative estimate of drug-likeness (QED) is 0.677. The van der Waals surface area contributed by atoms with Crippen LogP contribution in [0.3, 0.4) is 0 Å². The molecule has 0 bridgehead atoms. The van der Waals surface area contributed by atoms with Crippen LogP contribution in [0.1, 0.15) is 26.2 Å². The summed E-state index contributed by atoms with van der Waals surface area (Å²) in [5, 5.41) is 3.24. The van der Waals surface area contributed by atoms with E-state index in [9.17, 15) is 0 Å². The first-order valence-corrected chi connectivity index (χ1v) is 4.49. The molecule has 0 atom stereocenters. The van der Waals surface area contributed by atoms with Crippen molar-refractivity contribution in [1.29, 1.82) is 0 Å². The summed E-state index contributed by atoms with van der Waals surface area (Å²) in [6.45, 7) is 7.07. The number of hydrogen-bond acceptors (Lipinski definition) is 2. The van der Waals surface area contributed by atoms with E-state index in [1.54, 1.807) is 0 Å². The first kappa shape index (κ1) is 9.04. The molecule has 0 spiro atoms. The summed E-state index contributed by atoms with van der Waals surface area (Å²) in [5.74, 6) is 0. The molecule has 1 N–H and O–H groups in total. The zero-order valence-electron chi connectivity index (χ0n) is 7.64. The molecule has 1 rings (SSSR count). The molecule has 2 heteroatoms. The van der Waals surface area contributed by atoms with Gasteiger partial charge in [-0.15, -0.1) is 0 Å². The molecular weight excluding hydrogens is 148 g/mol. The molecule has 0 unspecified atom stereocenters.